The molecule has 0 unspecified atom stereocenters. The molecule has 0 aliphatic carbocycles. The van der Waals surface area contributed by atoms with E-state index < -0.39 is 0 Å². The minimum absolute atomic E-state index is 0.162. The summed E-state index contributed by atoms with van der Waals surface area (Å²) in [7, 11) is 0. The highest BCUT2D eigenvalue weighted by Crippen LogP contribution is 2.26. The van der Waals surface area contributed by atoms with Gasteiger partial charge in [0.25, 0.3) is 0 Å². The molecular weight excluding hydrogens is 237 g/mol. The zero-order chi connectivity index (χ0) is 11.3. The van der Waals surface area contributed by atoms with E-state index in [-0.39, 0.29) is 5.96 Å². The average Bonchev–Trinajstić information content (AvgIpc) is 2.20. The van der Waals surface area contributed by atoms with E-state index in [2.05, 4.69) is 10.5 Å². The molecule has 1 aromatic carbocycles. The number of aliphatic imine (C=N–C) groups is 1. The van der Waals surface area contributed by atoms with E-state index in [9.17, 15) is 0 Å². The molecule has 0 bridgehead atoms. The topological polar surface area (TPSA) is 59.6 Å². The first-order valence-electron chi connectivity index (χ1n) is 4.30. The molecule has 0 saturated carbocycles. The van der Waals surface area contributed by atoms with Crippen LogP contribution in [0.3, 0.4) is 0 Å². The third kappa shape index (κ3) is 3.95. The Kier molecular flexibility index (Phi) is 4.68. The van der Waals surface area contributed by atoms with Crippen molar-refractivity contribution in [3.8, 4) is 0 Å². The number of guanidine groups is 1. The van der Waals surface area contributed by atoms with Crippen molar-refractivity contribution in [2.75, 3.05) is 6.61 Å². The van der Waals surface area contributed by atoms with Gasteiger partial charge in [0.15, 0.2) is 0 Å². The summed E-state index contributed by atoms with van der Waals surface area (Å²) in [4.78, 5) is 8.87. The van der Waals surface area contributed by atoms with E-state index in [1.54, 1.807) is 18.2 Å². The Balaban J connectivity index is 2.75. The summed E-state index contributed by atoms with van der Waals surface area (Å²) in [6.45, 7) is 2.33. The van der Waals surface area contributed by atoms with Crippen molar-refractivity contribution in [2.24, 2.45) is 10.7 Å². The quantitative estimate of drug-likeness (QED) is 0.490. The standard InChI is InChI=1S/C9H11Cl2N3O/c1-2-15-14-9(12)13-6-3-4-7(10)8(11)5-6/h3-5H,2H2,1H3,(H3,12,13,14). The smallest absolute Gasteiger partial charge is 0.218 e. The van der Waals surface area contributed by atoms with Crippen molar-refractivity contribution in [1.82, 2.24) is 5.48 Å². The highest BCUT2D eigenvalue weighted by Gasteiger charge is 1.99. The maximum atomic E-state index is 5.81. The minimum atomic E-state index is 0.162. The number of hydrogen-bond acceptors (Lipinski definition) is 2. The molecule has 3 N–H and O–H groups in total. The summed E-state index contributed by atoms with van der Waals surface area (Å²) in [5.41, 5.74) is 8.59. The number of hydrogen-bond donors (Lipinski definition) is 2. The Labute approximate surface area is 98.0 Å². The van der Waals surface area contributed by atoms with Gasteiger partial charge in [-0.05, 0) is 25.1 Å². The lowest BCUT2D eigenvalue weighted by Crippen LogP contribution is -2.31. The Morgan fingerprint density at radius 1 is 1.47 bits per heavy atom. The lowest BCUT2D eigenvalue weighted by Gasteiger charge is -2.03. The number of rotatable bonds is 3. The zero-order valence-electron chi connectivity index (χ0n) is 8.13. The van der Waals surface area contributed by atoms with Gasteiger partial charge in [-0.1, -0.05) is 23.2 Å². The van der Waals surface area contributed by atoms with Crippen LogP contribution in [0.15, 0.2) is 23.2 Å². The van der Waals surface area contributed by atoms with E-state index in [4.69, 9.17) is 33.8 Å². The van der Waals surface area contributed by atoms with Crippen LogP contribution in [0.4, 0.5) is 5.69 Å². The number of halogens is 2. The Hall–Kier alpha value is -0.970. The van der Waals surface area contributed by atoms with Gasteiger partial charge in [0.1, 0.15) is 0 Å². The van der Waals surface area contributed by atoms with Crippen LogP contribution in [-0.4, -0.2) is 12.6 Å². The second-order valence-electron chi connectivity index (χ2n) is 2.63. The van der Waals surface area contributed by atoms with Crippen LogP contribution in [-0.2, 0) is 4.84 Å². The Morgan fingerprint density at radius 2 is 2.20 bits per heavy atom. The van der Waals surface area contributed by atoms with Gasteiger partial charge in [0.2, 0.25) is 5.96 Å². The fourth-order valence-electron chi connectivity index (χ4n) is 0.863. The number of benzene rings is 1. The van der Waals surface area contributed by atoms with Crippen LogP contribution < -0.4 is 11.2 Å². The molecule has 0 heterocycles. The molecule has 0 radical (unpaired) electrons. The summed E-state index contributed by atoms with van der Waals surface area (Å²) < 4.78 is 0. The fraction of sp³-hybridized carbons (Fsp3) is 0.222. The van der Waals surface area contributed by atoms with Crippen molar-refractivity contribution >= 4 is 34.8 Å². The second kappa shape index (κ2) is 5.80. The molecule has 0 aromatic heterocycles. The molecule has 4 nitrogen and oxygen atoms in total. The van der Waals surface area contributed by atoms with Crippen LogP contribution >= 0.6 is 23.2 Å². The molecule has 82 valence electrons. The molecular formula is C9H11Cl2N3O. The monoisotopic (exact) mass is 247 g/mol. The lowest BCUT2D eigenvalue weighted by atomic mass is 10.3. The van der Waals surface area contributed by atoms with Crippen LogP contribution in [0, 0.1) is 0 Å². The van der Waals surface area contributed by atoms with Crippen molar-refractivity contribution < 1.29 is 4.84 Å². The van der Waals surface area contributed by atoms with Gasteiger partial charge in [0.05, 0.1) is 22.3 Å². The van der Waals surface area contributed by atoms with Gasteiger partial charge in [-0.2, -0.15) is 0 Å². The molecule has 0 saturated heterocycles. The van der Waals surface area contributed by atoms with Crippen molar-refractivity contribution in [3.63, 3.8) is 0 Å². The predicted octanol–water partition coefficient (Wildman–Crippen LogP) is 2.48. The van der Waals surface area contributed by atoms with Gasteiger partial charge in [-0.15, -0.1) is 0 Å². The number of hydroxylamine groups is 1. The molecule has 0 aliphatic heterocycles. The third-order valence-corrected chi connectivity index (χ3v) is 2.21. The van der Waals surface area contributed by atoms with Gasteiger partial charge < -0.3 is 5.73 Å². The van der Waals surface area contributed by atoms with Crippen LogP contribution in [0.1, 0.15) is 6.92 Å². The first-order valence-corrected chi connectivity index (χ1v) is 5.06. The lowest BCUT2D eigenvalue weighted by molar-refractivity contribution is 0.0960. The van der Waals surface area contributed by atoms with Gasteiger partial charge in [-0.3, -0.25) is 4.84 Å². The number of nitrogens with zero attached hydrogens (tertiary/aromatic N) is 1. The molecule has 1 rings (SSSR count). The van der Waals surface area contributed by atoms with Gasteiger partial charge >= 0.3 is 0 Å². The van der Waals surface area contributed by atoms with E-state index in [1.165, 1.54) is 0 Å². The molecule has 6 heteroatoms. The first kappa shape index (κ1) is 12.1. The highest BCUT2D eigenvalue weighted by molar-refractivity contribution is 6.42. The van der Waals surface area contributed by atoms with Crippen LogP contribution in [0.2, 0.25) is 10.0 Å². The fourth-order valence-corrected chi connectivity index (χ4v) is 1.15. The van der Waals surface area contributed by atoms with Gasteiger partial charge in [0, 0.05) is 0 Å². The molecule has 0 spiro atoms. The van der Waals surface area contributed by atoms with Crippen LogP contribution in [0.25, 0.3) is 0 Å². The van der Waals surface area contributed by atoms with E-state index in [0.29, 0.717) is 22.3 Å². The number of nitrogens with one attached hydrogen (secondary N) is 1. The molecule has 0 fully saturated rings. The largest absolute Gasteiger partial charge is 0.368 e. The van der Waals surface area contributed by atoms with Crippen molar-refractivity contribution in [2.45, 2.75) is 6.92 Å². The van der Waals surface area contributed by atoms with E-state index in [1.807, 2.05) is 6.92 Å². The molecule has 0 amide bonds. The average molecular weight is 248 g/mol. The molecule has 15 heavy (non-hydrogen) atoms. The Bertz CT molecular complexity index is 368. The van der Waals surface area contributed by atoms with Crippen LogP contribution in [0.5, 0.6) is 0 Å². The van der Waals surface area contributed by atoms with Gasteiger partial charge in [-0.25, -0.2) is 10.5 Å². The van der Waals surface area contributed by atoms with E-state index in [0.717, 1.165) is 0 Å². The summed E-state index contributed by atoms with van der Waals surface area (Å²) >= 11 is 11.6. The maximum Gasteiger partial charge on any atom is 0.218 e. The minimum Gasteiger partial charge on any atom is -0.368 e. The predicted molar refractivity (Wildman–Crippen MR) is 62.5 cm³/mol. The Morgan fingerprint density at radius 3 is 2.80 bits per heavy atom. The summed E-state index contributed by atoms with van der Waals surface area (Å²) in [5, 5.41) is 0.911. The normalized spacial score (nSPS) is 11.5. The second-order valence-corrected chi connectivity index (χ2v) is 3.44. The zero-order valence-corrected chi connectivity index (χ0v) is 9.64. The van der Waals surface area contributed by atoms with Crippen molar-refractivity contribution in [1.29, 1.82) is 0 Å². The molecule has 0 atom stereocenters. The summed E-state index contributed by atoms with van der Waals surface area (Å²) in [6.07, 6.45) is 0. The SMILES string of the molecule is CCONC(N)=Nc1ccc(Cl)c(Cl)c1. The summed E-state index contributed by atoms with van der Waals surface area (Å²) in [5.74, 6) is 0.162. The third-order valence-electron chi connectivity index (χ3n) is 1.47. The van der Waals surface area contributed by atoms with E-state index >= 15 is 0 Å². The molecule has 1 aromatic rings. The maximum absolute atomic E-state index is 5.81. The summed E-state index contributed by atoms with van der Waals surface area (Å²) in [6, 6.07) is 4.97. The molecule has 0 aliphatic rings. The van der Waals surface area contributed by atoms with Crippen molar-refractivity contribution in [3.05, 3.63) is 28.2 Å². The first-order chi connectivity index (χ1) is 7.13. The highest BCUT2D eigenvalue weighted by atomic mass is 35.5. The number of nitrogens with two attached hydrogens (primary N) is 1.